The van der Waals surface area contributed by atoms with Gasteiger partial charge < -0.3 is 10.4 Å². The molecule has 0 heterocycles. The fourth-order valence-electron chi connectivity index (χ4n) is 2.08. The molecule has 0 fully saturated rings. The summed E-state index contributed by atoms with van der Waals surface area (Å²) in [7, 11) is -3.75. The van der Waals surface area contributed by atoms with Crippen molar-refractivity contribution in [2.45, 2.75) is 51.0 Å². The molecule has 1 aromatic carbocycles. The second-order valence-corrected chi connectivity index (χ2v) is 6.98. The number of hydrogen-bond acceptors (Lipinski definition) is 4. The number of hydrogen-bond donors (Lipinski definition) is 3. The van der Waals surface area contributed by atoms with Crippen LogP contribution in [0.5, 0.6) is 0 Å². The molecule has 0 saturated heterocycles. The van der Waals surface area contributed by atoms with E-state index >= 15 is 0 Å². The fraction of sp³-hybridized carbons (Fsp3) is 0.533. The first-order valence-corrected chi connectivity index (χ1v) is 8.93. The average Bonchev–Trinajstić information content (AvgIpc) is 2.45. The molecule has 0 aliphatic carbocycles. The summed E-state index contributed by atoms with van der Waals surface area (Å²) in [5.74, 6) is -1.15. The molecule has 1 rings (SSSR count). The van der Waals surface area contributed by atoms with E-state index in [1.807, 2.05) is 20.8 Å². The highest BCUT2D eigenvalue weighted by molar-refractivity contribution is 7.89. The summed E-state index contributed by atoms with van der Waals surface area (Å²) in [5, 5.41) is 12.2. The van der Waals surface area contributed by atoms with Gasteiger partial charge in [0.05, 0.1) is 11.3 Å². The Labute approximate surface area is 132 Å². The summed E-state index contributed by atoms with van der Waals surface area (Å²) >= 11 is 0. The Morgan fingerprint density at radius 3 is 2.50 bits per heavy atom. The lowest BCUT2D eigenvalue weighted by molar-refractivity contribution is 0.0696. The SMILES string of the molecule is CCCNS(=O)(=O)c1cc(C(=O)O)ccc1NC(C)CCC. The summed E-state index contributed by atoms with van der Waals surface area (Å²) in [6.07, 6.45) is 2.52. The van der Waals surface area contributed by atoms with Crippen LogP contribution in [0.1, 0.15) is 50.4 Å². The van der Waals surface area contributed by atoms with Gasteiger partial charge in [0, 0.05) is 12.6 Å². The molecular weight excluding hydrogens is 304 g/mol. The maximum Gasteiger partial charge on any atom is 0.335 e. The first kappa shape index (κ1) is 18.4. The number of rotatable bonds is 9. The summed E-state index contributed by atoms with van der Waals surface area (Å²) in [5.41, 5.74) is 0.375. The van der Waals surface area contributed by atoms with Crippen LogP contribution in [0, 0.1) is 0 Å². The molecule has 3 N–H and O–H groups in total. The van der Waals surface area contributed by atoms with Crippen LogP contribution in [0.2, 0.25) is 0 Å². The number of nitrogens with one attached hydrogen (secondary N) is 2. The number of aromatic carboxylic acids is 1. The van der Waals surface area contributed by atoms with Gasteiger partial charge in [0.25, 0.3) is 0 Å². The number of benzene rings is 1. The summed E-state index contributed by atoms with van der Waals surface area (Å²) < 4.78 is 27.2. The quantitative estimate of drug-likeness (QED) is 0.648. The fourth-order valence-corrected chi connectivity index (χ4v) is 3.41. The van der Waals surface area contributed by atoms with Crippen molar-refractivity contribution < 1.29 is 18.3 Å². The molecule has 22 heavy (non-hydrogen) atoms. The zero-order valence-electron chi connectivity index (χ0n) is 13.2. The van der Waals surface area contributed by atoms with Crippen molar-refractivity contribution in [1.82, 2.24) is 4.72 Å². The van der Waals surface area contributed by atoms with Gasteiger partial charge in [-0.25, -0.2) is 17.9 Å². The van der Waals surface area contributed by atoms with Gasteiger partial charge in [0.2, 0.25) is 10.0 Å². The Bertz CT molecular complexity index is 614. The van der Waals surface area contributed by atoms with Crippen LogP contribution in [-0.4, -0.2) is 32.1 Å². The van der Waals surface area contributed by atoms with Gasteiger partial charge in [-0.1, -0.05) is 20.3 Å². The molecule has 0 aliphatic rings. The van der Waals surface area contributed by atoms with Gasteiger partial charge in [0.15, 0.2) is 0 Å². The van der Waals surface area contributed by atoms with Gasteiger partial charge in [-0.3, -0.25) is 0 Å². The van der Waals surface area contributed by atoms with E-state index < -0.39 is 16.0 Å². The molecule has 1 atom stereocenters. The van der Waals surface area contributed by atoms with Crippen LogP contribution < -0.4 is 10.0 Å². The predicted molar refractivity (Wildman–Crippen MR) is 86.9 cm³/mol. The van der Waals surface area contributed by atoms with Crippen LogP contribution >= 0.6 is 0 Å². The van der Waals surface area contributed by atoms with E-state index in [-0.39, 0.29) is 16.5 Å². The van der Waals surface area contributed by atoms with Gasteiger partial charge in [-0.15, -0.1) is 0 Å². The number of anilines is 1. The highest BCUT2D eigenvalue weighted by Crippen LogP contribution is 2.24. The highest BCUT2D eigenvalue weighted by atomic mass is 32.2. The Hall–Kier alpha value is -1.60. The molecule has 6 nitrogen and oxygen atoms in total. The second kappa shape index (κ2) is 8.14. The lowest BCUT2D eigenvalue weighted by Gasteiger charge is -2.18. The Kier molecular flexibility index (Phi) is 6.83. The zero-order chi connectivity index (χ0) is 16.8. The smallest absolute Gasteiger partial charge is 0.335 e. The normalized spacial score (nSPS) is 12.9. The van der Waals surface area contributed by atoms with E-state index in [0.29, 0.717) is 18.7 Å². The molecule has 0 spiro atoms. The van der Waals surface area contributed by atoms with E-state index in [0.717, 1.165) is 12.8 Å². The van der Waals surface area contributed by atoms with Crippen LogP contribution in [0.4, 0.5) is 5.69 Å². The molecule has 0 radical (unpaired) electrons. The van der Waals surface area contributed by atoms with Gasteiger partial charge in [0.1, 0.15) is 4.90 Å². The lowest BCUT2D eigenvalue weighted by Crippen LogP contribution is -2.26. The number of sulfonamides is 1. The summed E-state index contributed by atoms with van der Waals surface area (Å²) in [6, 6.07) is 4.21. The second-order valence-electron chi connectivity index (χ2n) is 5.25. The third-order valence-corrected chi connectivity index (χ3v) is 4.68. The predicted octanol–water partition coefficient (Wildman–Crippen LogP) is 2.67. The highest BCUT2D eigenvalue weighted by Gasteiger charge is 2.21. The minimum absolute atomic E-state index is 0.0243. The third kappa shape index (κ3) is 4.99. The van der Waals surface area contributed by atoms with Gasteiger partial charge in [-0.2, -0.15) is 0 Å². The first-order valence-electron chi connectivity index (χ1n) is 7.45. The molecule has 0 amide bonds. The Balaban J connectivity index is 3.23. The summed E-state index contributed by atoms with van der Waals surface area (Å²) in [4.78, 5) is 11.1. The van der Waals surface area contributed by atoms with Crippen LogP contribution in [0.3, 0.4) is 0 Å². The maximum atomic E-state index is 12.4. The molecule has 7 heteroatoms. The maximum absolute atomic E-state index is 12.4. The molecule has 0 bridgehead atoms. The van der Waals surface area contributed by atoms with Crippen LogP contribution in [0.15, 0.2) is 23.1 Å². The van der Waals surface area contributed by atoms with Crippen molar-refractivity contribution in [2.24, 2.45) is 0 Å². The molecule has 1 unspecified atom stereocenters. The van der Waals surface area contributed by atoms with E-state index in [1.54, 1.807) is 0 Å². The van der Waals surface area contributed by atoms with Crippen molar-refractivity contribution in [3.63, 3.8) is 0 Å². The van der Waals surface area contributed by atoms with Crippen LogP contribution in [0.25, 0.3) is 0 Å². The Morgan fingerprint density at radius 2 is 1.95 bits per heavy atom. The van der Waals surface area contributed by atoms with E-state index in [1.165, 1.54) is 18.2 Å². The third-order valence-electron chi connectivity index (χ3n) is 3.18. The Morgan fingerprint density at radius 1 is 1.27 bits per heavy atom. The molecular formula is C15H24N2O4S. The van der Waals surface area contributed by atoms with Crippen molar-refractivity contribution in [1.29, 1.82) is 0 Å². The number of carboxylic acids is 1. The van der Waals surface area contributed by atoms with Gasteiger partial charge in [-0.05, 0) is 38.0 Å². The molecule has 0 saturated carbocycles. The first-order chi connectivity index (χ1) is 10.3. The summed E-state index contributed by atoms with van der Waals surface area (Å²) in [6.45, 7) is 6.18. The molecule has 0 aromatic heterocycles. The van der Waals surface area contributed by atoms with E-state index in [2.05, 4.69) is 10.0 Å². The average molecular weight is 328 g/mol. The minimum Gasteiger partial charge on any atom is -0.478 e. The number of carbonyl (C=O) groups is 1. The van der Waals surface area contributed by atoms with Crippen LogP contribution in [-0.2, 0) is 10.0 Å². The number of carboxylic acid groups (broad SMARTS) is 1. The van der Waals surface area contributed by atoms with Crippen molar-refractivity contribution in [3.05, 3.63) is 23.8 Å². The van der Waals surface area contributed by atoms with Gasteiger partial charge >= 0.3 is 5.97 Å². The topological polar surface area (TPSA) is 95.5 Å². The van der Waals surface area contributed by atoms with Crippen molar-refractivity contribution in [2.75, 3.05) is 11.9 Å². The largest absolute Gasteiger partial charge is 0.478 e. The molecule has 0 aliphatic heterocycles. The minimum atomic E-state index is -3.75. The lowest BCUT2D eigenvalue weighted by atomic mass is 10.1. The monoisotopic (exact) mass is 328 g/mol. The van der Waals surface area contributed by atoms with Crippen molar-refractivity contribution >= 4 is 21.7 Å². The zero-order valence-corrected chi connectivity index (χ0v) is 14.0. The van der Waals surface area contributed by atoms with Crippen molar-refractivity contribution in [3.8, 4) is 0 Å². The molecule has 124 valence electrons. The standard InChI is InChI=1S/C15H24N2O4S/c1-4-6-11(3)17-13-8-7-12(15(18)19)10-14(13)22(20,21)16-9-5-2/h7-8,10-11,16-17H,4-6,9H2,1-3H3,(H,18,19). The van der Waals surface area contributed by atoms with E-state index in [9.17, 15) is 13.2 Å². The molecule has 1 aromatic rings. The van der Waals surface area contributed by atoms with E-state index in [4.69, 9.17) is 5.11 Å².